The molecule has 0 spiro atoms. The second kappa shape index (κ2) is 9.39. The number of thioether (sulfide) groups is 1. The predicted octanol–water partition coefficient (Wildman–Crippen LogP) is 2.78. The molecule has 2 aromatic heterocycles. The van der Waals surface area contributed by atoms with Gasteiger partial charge < -0.3 is 10.1 Å². The van der Waals surface area contributed by atoms with Crippen LogP contribution in [0.3, 0.4) is 0 Å². The van der Waals surface area contributed by atoms with Crippen molar-refractivity contribution in [1.29, 1.82) is 0 Å². The Balaban J connectivity index is 1.29. The van der Waals surface area contributed by atoms with Crippen molar-refractivity contribution in [3.63, 3.8) is 0 Å². The van der Waals surface area contributed by atoms with Gasteiger partial charge in [0.05, 0.1) is 23.8 Å². The lowest BCUT2D eigenvalue weighted by Gasteiger charge is -2.48. The highest BCUT2D eigenvalue weighted by molar-refractivity contribution is 7.99. The first-order valence-corrected chi connectivity index (χ1v) is 11.8. The minimum atomic E-state index is 0.0469. The first-order valence-electron chi connectivity index (χ1n) is 9.94. The molecule has 1 saturated carbocycles. The molecule has 1 aliphatic heterocycles. The van der Waals surface area contributed by atoms with E-state index < -0.39 is 0 Å². The summed E-state index contributed by atoms with van der Waals surface area (Å²) in [6, 6.07) is 3.99. The van der Waals surface area contributed by atoms with E-state index in [2.05, 4.69) is 25.4 Å². The van der Waals surface area contributed by atoms with E-state index in [1.54, 1.807) is 11.3 Å². The predicted molar refractivity (Wildman–Crippen MR) is 112 cm³/mol. The summed E-state index contributed by atoms with van der Waals surface area (Å²) in [5.74, 6) is 1.14. The van der Waals surface area contributed by atoms with Gasteiger partial charge in [-0.3, -0.25) is 14.8 Å². The molecular weight excluding hydrogens is 394 g/mol. The quantitative estimate of drug-likeness (QED) is 0.669. The van der Waals surface area contributed by atoms with Crippen molar-refractivity contribution in [2.45, 2.75) is 42.8 Å². The smallest absolute Gasteiger partial charge is 0.230 e. The van der Waals surface area contributed by atoms with Crippen LogP contribution >= 0.6 is 23.1 Å². The first-order chi connectivity index (χ1) is 13.8. The van der Waals surface area contributed by atoms with Crippen molar-refractivity contribution in [1.82, 2.24) is 25.4 Å². The second-order valence-electron chi connectivity index (χ2n) is 7.39. The standard InChI is InChI=1S/C19H27N5O2S2/c25-16(13-28-18-21-17(22-23-18)15-5-4-12-27-15)20-14-19(6-2-1-3-7-19)24-8-10-26-11-9-24/h4-5,12H,1-3,6-11,13-14H2,(H,20,25)(H,21,22,23). The third kappa shape index (κ3) is 4.76. The van der Waals surface area contributed by atoms with E-state index in [9.17, 15) is 4.79 Å². The largest absolute Gasteiger partial charge is 0.379 e. The number of aromatic nitrogens is 3. The van der Waals surface area contributed by atoms with Gasteiger partial charge in [0.2, 0.25) is 11.1 Å². The fourth-order valence-electron chi connectivity index (χ4n) is 4.13. The maximum atomic E-state index is 12.5. The Bertz CT molecular complexity index is 752. The molecule has 2 N–H and O–H groups in total. The topological polar surface area (TPSA) is 83.1 Å². The summed E-state index contributed by atoms with van der Waals surface area (Å²) in [6.07, 6.45) is 6.10. The molecule has 7 nitrogen and oxygen atoms in total. The van der Waals surface area contributed by atoms with E-state index in [1.165, 1.54) is 31.0 Å². The van der Waals surface area contributed by atoms with Crippen LogP contribution < -0.4 is 5.32 Å². The molecule has 0 aromatic carbocycles. The van der Waals surface area contributed by atoms with Crippen molar-refractivity contribution >= 4 is 29.0 Å². The van der Waals surface area contributed by atoms with Crippen LogP contribution in [0.1, 0.15) is 32.1 Å². The maximum absolute atomic E-state index is 12.5. The molecule has 0 atom stereocenters. The molecule has 3 heterocycles. The van der Waals surface area contributed by atoms with Gasteiger partial charge in [-0.25, -0.2) is 4.98 Å². The molecule has 1 amide bonds. The van der Waals surface area contributed by atoms with Crippen molar-refractivity contribution < 1.29 is 9.53 Å². The van der Waals surface area contributed by atoms with Gasteiger partial charge in [-0.1, -0.05) is 37.1 Å². The number of ether oxygens (including phenoxy) is 1. The Morgan fingerprint density at radius 3 is 2.89 bits per heavy atom. The van der Waals surface area contributed by atoms with Gasteiger partial charge in [-0.2, -0.15) is 0 Å². The van der Waals surface area contributed by atoms with Crippen LogP contribution in [0.4, 0.5) is 0 Å². The number of amides is 1. The summed E-state index contributed by atoms with van der Waals surface area (Å²) in [6.45, 7) is 4.24. The van der Waals surface area contributed by atoms with Crippen LogP contribution in [0.15, 0.2) is 22.7 Å². The van der Waals surface area contributed by atoms with Gasteiger partial charge >= 0.3 is 0 Å². The molecule has 28 heavy (non-hydrogen) atoms. The normalized spacial score (nSPS) is 20.1. The number of carbonyl (C=O) groups is 1. The van der Waals surface area contributed by atoms with Gasteiger partial charge in [0, 0.05) is 25.2 Å². The van der Waals surface area contributed by atoms with Gasteiger partial charge in [-0.05, 0) is 24.3 Å². The molecule has 0 unspecified atom stereocenters. The molecule has 1 saturated heterocycles. The van der Waals surface area contributed by atoms with E-state index in [1.807, 2.05) is 17.5 Å². The monoisotopic (exact) mass is 421 g/mol. The number of nitrogens with zero attached hydrogens (tertiary/aromatic N) is 3. The Morgan fingerprint density at radius 1 is 1.32 bits per heavy atom. The molecule has 152 valence electrons. The summed E-state index contributed by atoms with van der Waals surface area (Å²) in [5.41, 5.74) is 0.0965. The lowest BCUT2D eigenvalue weighted by molar-refractivity contribution is -0.119. The summed E-state index contributed by atoms with van der Waals surface area (Å²) in [7, 11) is 0. The number of nitrogens with one attached hydrogen (secondary N) is 2. The van der Waals surface area contributed by atoms with Crippen molar-refractivity contribution in [2.24, 2.45) is 0 Å². The van der Waals surface area contributed by atoms with Crippen molar-refractivity contribution in [2.75, 3.05) is 38.6 Å². The average Bonchev–Trinajstić information content (AvgIpc) is 3.44. The third-order valence-electron chi connectivity index (χ3n) is 5.63. The van der Waals surface area contributed by atoms with Crippen LogP contribution in [0.5, 0.6) is 0 Å². The summed E-state index contributed by atoms with van der Waals surface area (Å²) in [4.78, 5) is 20.5. The zero-order valence-corrected chi connectivity index (χ0v) is 17.6. The molecule has 1 aliphatic carbocycles. The van der Waals surface area contributed by atoms with Crippen LogP contribution in [0, 0.1) is 0 Å². The zero-order chi connectivity index (χ0) is 19.2. The van der Waals surface area contributed by atoms with E-state index in [4.69, 9.17) is 4.74 Å². The number of carbonyl (C=O) groups excluding carboxylic acids is 1. The summed E-state index contributed by atoms with van der Waals surface area (Å²) in [5, 5.41) is 13.0. The third-order valence-corrected chi connectivity index (χ3v) is 7.36. The lowest BCUT2D eigenvalue weighted by Crippen LogP contribution is -2.59. The van der Waals surface area contributed by atoms with Gasteiger partial charge in [0.1, 0.15) is 0 Å². The van der Waals surface area contributed by atoms with Gasteiger partial charge in [0.25, 0.3) is 0 Å². The van der Waals surface area contributed by atoms with Crippen LogP contribution in [0.2, 0.25) is 0 Å². The zero-order valence-electron chi connectivity index (χ0n) is 16.0. The summed E-state index contributed by atoms with van der Waals surface area (Å²) >= 11 is 2.99. The Kier molecular flexibility index (Phi) is 6.66. The highest BCUT2D eigenvalue weighted by Gasteiger charge is 2.38. The van der Waals surface area contributed by atoms with E-state index in [0.717, 1.165) is 56.4 Å². The number of thiophene rings is 1. The SMILES string of the molecule is O=C(CSc1n[nH]c(-c2cccs2)n1)NCC1(N2CCOCC2)CCCCC1. The fourth-order valence-corrected chi connectivity index (χ4v) is 5.42. The highest BCUT2D eigenvalue weighted by Crippen LogP contribution is 2.34. The molecule has 0 bridgehead atoms. The summed E-state index contributed by atoms with van der Waals surface area (Å²) < 4.78 is 5.53. The molecule has 4 rings (SSSR count). The number of rotatable bonds is 7. The number of aromatic amines is 1. The number of H-pyrrole nitrogens is 1. The molecule has 9 heteroatoms. The van der Waals surface area contributed by atoms with Gasteiger partial charge in [0.15, 0.2) is 5.82 Å². The number of morpholine rings is 1. The van der Waals surface area contributed by atoms with Crippen molar-refractivity contribution in [3.05, 3.63) is 17.5 Å². The molecule has 0 radical (unpaired) electrons. The minimum absolute atomic E-state index is 0.0469. The molecule has 2 aromatic rings. The fraction of sp³-hybridized carbons (Fsp3) is 0.632. The highest BCUT2D eigenvalue weighted by atomic mass is 32.2. The van der Waals surface area contributed by atoms with Crippen molar-refractivity contribution in [3.8, 4) is 10.7 Å². The molecular formula is C19H27N5O2S2. The van der Waals surface area contributed by atoms with Gasteiger partial charge in [-0.15, -0.1) is 16.4 Å². The number of hydrogen-bond acceptors (Lipinski definition) is 7. The van der Waals surface area contributed by atoms with E-state index in [-0.39, 0.29) is 11.4 Å². The molecule has 2 aliphatic rings. The first kappa shape index (κ1) is 19.9. The van der Waals surface area contributed by atoms with Crippen LogP contribution in [0.25, 0.3) is 10.7 Å². The lowest BCUT2D eigenvalue weighted by atomic mass is 9.79. The van der Waals surface area contributed by atoms with E-state index >= 15 is 0 Å². The average molecular weight is 422 g/mol. The Hall–Kier alpha value is -1.42. The maximum Gasteiger partial charge on any atom is 0.230 e. The number of hydrogen-bond donors (Lipinski definition) is 2. The van der Waals surface area contributed by atoms with Crippen LogP contribution in [-0.2, 0) is 9.53 Å². The van der Waals surface area contributed by atoms with E-state index in [0.29, 0.717) is 10.9 Å². The Morgan fingerprint density at radius 2 is 2.14 bits per heavy atom. The van der Waals surface area contributed by atoms with Crippen LogP contribution in [-0.4, -0.2) is 70.1 Å². The minimum Gasteiger partial charge on any atom is -0.379 e. The Labute approximate surface area is 173 Å². The molecule has 2 fully saturated rings. The second-order valence-corrected chi connectivity index (χ2v) is 9.28.